The van der Waals surface area contributed by atoms with Gasteiger partial charge in [-0.3, -0.25) is 4.79 Å². The molecule has 28 heavy (non-hydrogen) atoms. The highest BCUT2D eigenvalue weighted by Crippen LogP contribution is 2.11. The van der Waals surface area contributed by atoms with Gasteiger partial charge in [-0.15, -0.1) is 5.09 Å². The van der Waals surface area contributed by atoms with Crippen LogP contribution < -0.4 is 10.4 Å². The van der Waals surface area contributed by atoms with Gasteiger partial charge in [-0.1, -0.05) is 67.9 Å². The molecule has 0 fully saturated rings. The number of rotatable bonds is 20. The van der Waals surface area contributed by atoms with E-state index in [0.29, 0.717) is 25.7 Å². The van der Waals surface area contributed by atoms with Crippen LogP contribution in [0, 0.1) is 0 Å². The van der Waals surface area contributed by atoms with Crippen LogP contribution in [0.25, 0.3) is 0 Å². The number of aliphatic hydroxyl groups excluding tert-OH is 1. The number of hydrogen-bond donors (Lipinski definition) is 3. The number of unbranched alkanes of at least 4 members (excludes halogenated alkanes) is 8. The van der Waals surface area contributed by atoms with E-state index in [1.807, 2.05) is 0 Å². The molecule has 0 saturated carbocycles. The average molecular weight is 414 g/mol. The molecule has 1 atom stereocenters. The van der Waals surface area contributed by atoms with Crippen LogP contribution in [0.2, 0.25) is 0 Å². The third-order valence-electron chi connectivity index (χ3n) is 4.39. The van der Waals surface area contributed by atoms with Gasteiger partial charge in [0.2, 0.25) is 5.91 Å². The lowest BCUT2D eigenvalue weighted by Crippen LogP contribution is -2.26. The van der Waals surface area contributed by atoms with E-state index in [-0.39, 0.29) is 12.5 Å². The van der Waals surface area contributed by atoms with Crippen molar-refractivity contribution in [2.45, 2.75) is 84.0 Å². The Morgan fingerprint density at radius 3 is 2.21 bits per heavy atom. The number of carbonyl (C=O) groups is 1. The highest BCUT2D eigenvalue weighted by molar-refractivity contribution is 7.42. The van der Waals surface area contributed by atoms with Crippen molar-refractivity contribution in [1.29, 1.82) is 0 Å². The maximum Gasteiger partial charge on any atom is 0.434 e. The van der Waals surface area contributed by atoms with Gasteiger partial charge < -0.3 is 10.4 Å². The van der Waals surface area contributed by atoms with E-state index >= 15 is 0 Å². The van der Waals surface area contributed by atoms with Crippen LogP contribution >= 0.6 is 7.95 Å². The number of hydrogen-bond acceptors (Lipinski definition) is 3. The van der Waals surface area contributed by atoms with E-state index in [1.165, 1.54) is 44.9 Å². The van der Waals surface area contributed by atoms with Gasteiger partial charge in [0.15, 0.2) is 6.16 Å². The second-order valence-corrected chi connectivity index (χ2v) is 8.58. The normalized spacial score (nSPS) is 12.1. The van der Waals surface area contributed by atoms with Gasteiger partial charge in [0.1, 0.15) is 0 Å². The molecule has 5 nitrogen and oxygen atoms in total. The Balaban J connectivity index is 3.35. The molecule has 6 heteroatoms. The lowest BCUT2D eigenvalue weighted by Gasteiger charge is -2.02. The monoisotopic (exact) mass is 413 g/mol. The Hall–Kier alpha value is -1.03. The van der Waals surface area contributed by atoms with Crippen LogP contribution in [0.15, 0.2) is 24.3 Å². The van der Waals surface area contributed by atoms with Crippen LogP contribution in [-0.4, -0.2) is 36.9 Å². The number of amides is 1. The maximum absolute atomic E-state index is 11.7. The van der Waals surface area contributed by atoms with Gasteiger partial charge in [0, 0.05) is 6.42 Å². The Labute approximate surface area is 173 Å². The SMILES string of the molecule is CCCCCC=CCC=CCCCCCCCC(=O)NCC[P+](=O)NCCO. The molecule has 0 aromatic rings. The fraction of sp³-hybridized carbons (Fsp3) is 0.773. The number of allylic oxidation sites excluding steroid dienone is 4. The number of carbonyl (C=O) groups excluding carboxylic acids is 1. The lowest BCUT2D eigenvalue weighted by molar-refractivity contribution is -0.121. The van der Waals surface area contributed by atoms with Crippen molar-refractivity contribution in [1.82, 2.24) is 10.4 Å². The first-order valence-corrected chi connectivity index (χ1v) is 12.5. The Bertz CT molecular complexity index is 439. The van der Waals surface area contributed by atoms with Crippen molar-refractivity contribution in [3.05, 3.63) is 24.3 Å². The summed E-state index contributed by atoms with van der Waals surface area (Å²) in [5, 5.41) is 14.1. The summed E-state index contributed by atoms with van der Waals surface area (Å²) in [6, 6.07) is 0. The van der Waals surface area contributed by atoms with E-state index in [4.69, 9.17) is 5.11 Å². The summed E-state index contributed by atoms with van der Waals surface area (Å²) in [5.41, 5.74) is 0. The zero-order chi connectivity index (χ0) is 20.7. The van der Waals surface area contributed by atoms with Gasteiger partial charge in [-0.25, -0.2) is 0 Å². The molecule has 0 aromatic heterocycles. The molecule has 0 aliphatic carbocycles. The van der Waals surface area contributed by atoms with Gasteiger partial charge >= 0.3 is 7.95 Å². The van der Waals surface area contributed by atoms with Crippen molar-refractivity contribution in [3.8, 4) is 0 Å². The second-order valence-electron chi connectivity index (χ2n) is 7.06. The summed E-state index contributed by atoms with van der Waals surface area (Å²) in [5.74, 6) is 0.0382. The summed E-state index contributed by atoms with van der Waals surface area (Å²) >= 11 is 0. The van der Waals surface area contributed by atoms with Crippen molar-refractivity contribution in [3.63, 3.8) is 0 Å². The average Bonchev–Trinajstić information content (AvgIpc) is 2.69. The van der Waals surface area contributed by atoms with Crippen molar-refractivity contribution >= 4 is 13.9 Å². The van der Waals surface area contributed by atoms with E-state index in [9.17, 15) is 9.36 Å². The molecule has 0 aromatic carbocycles. The zero-order valence-corrected chi connectivity index (χ0v) is 18.7. The summed E-state index contributed by atoms with van der Waals surface area (Å²) in [6.07, 6.45) is 23.0. The Morgan fingerprint density at radius 1 is 0.893 bits per heavy atom. The maximum atomic E-state index is 11.7. The Kier molecular flexibility index (Phi) is 21.4. The van der Waals surface area contributed by atoms with E-state index in [0.717, 1.165) is 25.7 Å². The summed E-state index contributed by atoms with van der Waals surface area (Å²) in [6.45, 7) is 2.96. The molecular weight excluding hydrogens is 371 g/mol. The first-order valence-electron chi connectivity index (χ1n) is 11.1. The molecule has 3 N–H and O–H groups in total. The minimum atomic E-state index is -1.53. The molecule has 0 aliphatic heterocycles. The fourth-order valence-electron chi connectivity index (χ4n) is 2.74. The van der Waals surface area contributed by atoms with Crippen LogP contribution in [0.3, 0.4) is 0 Å². The number of nitrogens with one attached hydrogen (secondary N) is 2. The smallest absolute Gasteiger partial charge is 0.395 e. The molecule has 0 spiro atoms. The molecule has 0 saturated heterocycles. The van der Waals surface area contributed by atoms with Gasteiger partial charge in [-0.05, 0) is 38.5 Å². The standard InChI is InChI=1S/C22H41N2O3P/c1-2-3-4-5-6-7-8-9-10-11-12-13-14-15-16-17-22(26)23-19-21-28(27)24-18-20-25/h6-7,9-10,25H,2-5,8,11-21H2,1H3,(H-,23,24,26,27)/p+1. The Morgan fingerprint density at radius 2 is 1.54 bits per heavy atom. The molecule has 0 aliphatic rings. The van der Waals surface area contributed by atoms with Crippen LogP contribution in [-0.2, 0) is 9.36 Å². The highest BCUT2D eigenvalue weighted by atomic mass is 31.1. The molecule has 0 bridgehead atoms. The zero-order valence-electron chi connectivity index (χ0n) is 17.8. The van der Waals surface area contributed by atoms with Crippen molar-refractivity contribution in [2.24, 2.45) is 0 Å². The minimum Gasteiger partial charge on any atom is -0.395 e. The molecule has 0 radical (unpaired) electrons. The molecular formula is C22H42N2O3P+. The van der Waals surface area contributed by atoms with Gasteiger partial charge in [0.25, 0.3) is 0 Å². The summed E-state index contributed by atoms with van der Waals surface area (Å²) in [7, 11) is -1.53. The first-order chi connectivity index (χ1) is 13.7. The predicted octanol–water partition coefficient (Wildman–Crippen LogP) is 5.24. The third-order valence-corrected chi connectivity index (χ3v) is 5.60. The van der Waals surface area contributed by atoms with Gasteiger partial charge in [-0.2, -0.15) is 0 Å². The van der Waals surface area contributed by atoms with Crippen LogP contribution in [0.4, 0.5) is 0 Å². The molecule has 162 valence electrons. The van der Waals surface area contributed by atoms with Gasteiger partial charge in [0.05, 0.1) is 19.7 Å². The fourth-order valence-corrected chi connectivity index (χ4v) is 3.56. The molecule has 0 heterocycles. The summed E-state index contributed by atoms with van der Waals surface area (Å²) in [4.78, 5) is 11.7. The highest BCUT2D eigenvalue weighted by Gasteiger charge is 2.13. The minimum absolute atomic E-state index is 0.0275. The largest absolute Gasteiger partial charge is 0.434 e. The van der Waals surface area contributed by atoms with E-state index in [1.54, 1.807) is 0 Å². The van der Waals surface area contributed by atoms with Crippen LogP contribution in [0.1, 0.15) is 84.0 Å². The number of aliphatic hydroxyl groups is 1. The molecule has 1 amide bonds. The predicted molar refractivity (Wildman–Crippen MR) is 120 cm³/mol. The molecule has 0 rings (SSSR count). The second kappa shape index (κ2) is 22.3. The first kappa shape index (κ1) is 27.0. The quantitative estimate of drug-likeness (QED) is 0.145. The van der Waals surface area contributed by atoms with Crippen LogP contribution in [0.5, 0.6) is 0 Å². The topological polar surface area (TPSA) is 78.4 Å². The third kappa shape index (κ3) is 21.3. The summed E-state index contributed by atoms with van der Waals surface area (Å²) < 4.78 is 11.5. The van der Waals surface area contributed by atoms with Crippen molar-refractivity contribution in [2.75, 3.05) is 25.9 Å². The van der Waals surface area contributed by atoms with E-state index < -0.39 is 7.95 Å². The lowest BCUT2D eigenvalue weighted by atomic mass is 10.1. The molecule has 1 unspecified atom stereocenters. The van der Waals surface area contributed by atoms with Crippen molar-refractivity contribution < 1.29 is 14.5 Å². The van der Waals surface area contributed by atoms with E-state index in [2.05, 4.69) is 41.6 Å².